The van der Waals surface area contributed by atoms with E-state index in [1.165, 1.54) is 0 Å². The van der Waals surface area contributed by atoms with Gasteiger partial charge in [-0.2, -0.15) is 5.26 Å². The number of nitrogen functional groups attached to an aromatic ring is 1. The van der Waals surface area contributed by atoms with E-state index >= 15 is 0 Å². The summed E-state index contributed by atoms with van der Waals surface area (Å²) < 4.78 is 0.781. The van der Waals surface area contributed by atoms with Crippen LogP contribution in [-0.4, -0.2) is 4.98 Å². The maximum absolute atomic E-state index is 8.45. The third-order valence-corrected chi connectivity index (χ3v) is 1.60. The van der Waals surface area contributed by atoms with Crippen molar-refractivity contribution >= 4 is 28.3 Å². The van der Waals surface area contributed by atoms with Gasteiger partial charge in [-0.1, -0.05) is 0 Å². The number of nitriles is 1. The SMILES string of the molecule is N#Cc1nc(I)ccc1N. The Hall–Kier alpha value is -0.830. The Kier molecular flexibility index (Phi) is 2.06. The fourth-order valence-corrected chi connectivity index (χ4v) is 0.957. The molecule has 0 atom stereocenters. The Morgan fingerprint density at radius 2 is 2.30 bits per heavy atom. The Morgan fingerprint density at radius 3 is 2.80 bits per heavy atom. The molecule has 0 amide bonds. The molecule has 0 saturated heterocycles. The number of rotatable bonds is 0. The molecule has 2 N–H and O–H groups in total. The van der Waals surface area contributed by atoms with Gasteiger partial charge in [0.15, 0.2) is 5.69 Å². The number of hydrogen-bond donors (Lipinski definition) is 1. The minimum Gasteiger partial charge on any atom is -0.396 e. The van der Waals surface area contributed by atoms with Crippen LogP contribution < -0.4 is 5.73 Å². The second kappa shape index (κ2) is 2.84. The summed E-state index contributed by atoms with van der Waals surface area (Å²) in [4.78, 5) is 3.89. The first-order chi connectivity index (χ1) is 4.74. The molecular weight excluding hydrogens is 241 g/mol. The van der Waals surface area contributed by atoms with Crippen LogP contribution in [0.25, 0.3) is 0 Å². The van der Waals surface area contributed by atoms with Crippen LogP contribution in [0.5, 0.6) is 0 Å². The molecule has 1 rings (SSSR count). The van der Waals surface area contributed by atoms with Gasteiger partial charge in [-0.25, -0.2) is 4.98 Å². The quantitative estimate of drug-likeness (QED) is 0.550. The van der Waals surface area contributed by atoms with E-state index in [2.05, 4.69) is 4.98 Å². The second-order valence-corrected chi connectivity index (χ2v) is 2.79. The van der Waals surface area contributed by atoms with Crippen LogP contribution in [0, 0.1) is 15.0 Å². The fourth-order valence-electron chi connectivity index (χ4n) is 0.536. The molecule has 3 nitrogen and oxygen atoms in total. The van der Waals surface area contributed by atoms with Crippen LogP contribution in [0.2, 0.25) is 0 Å². The zero-order valence-corrected chi connectivity index (χ0v) is 7.16. The van der Waals surface area contributed by atoms with Crippen LogP contribution in [0.3, 0.4) is 0 Å². The average molecular weight is 245 g/mol. The van der Waals surface area contributed by atoms with Gasteiger partial charge in [0.25, 0.3) is 0 Å². The molecule has 1 aromatic heterocycles. The van der Waals surface area contributed by atoms with Crippen LogP contribution in [0.15, 0.2) is 12.1 Å². The molecule has 0 unspecified atom stereocenters. The number of hydrogen-bond acceptors (Lipinski definition) is 3. The highest BCUT2D eigenvalue weighted by molar-refractivity contribution is 14.1. The summed E-state index contributed by atoms with van der Waals surface area (Å²) in [6.07, 6.45) is 0. The van der Waals surface area contributed by atoms with E-state index in [1.807, 2.05) is 28.7 Å². The van der Waals surface area contributed by atoms with Crippen molar-refractivity contribution in [1.82, 2.24) is 4.98 Å². The van der Waals surface area contributed by atoms with E-state index in [1.54, 1.807) is 12.1 Å². The Morgan fingerprint density at radius 1 is 1.60 bits per heavy atom. The van der Waals surface area contributed by atoms with E-state index in [4.69, 9.17) is 11.0 Å². The van der Waals surface area contributed by atoms with E-state index in [0.29, 0.717) is 11.4 Å². The van der Waals surface area contributed by atoms with Crippen molar-refractivity contribution in [3.05, 3.63) is 21.5 Å². The molecule has 4 heteroatoms. The second-order valence-electron chi connectivity index (χ2n) is 1.68. The summed E-state index contributed by atoms with van der Waals surface area (Å²) in [5.74, 6) is 0. The number of nitrogens with two attached hydrogens (primary N) is 1. The molecule has 0 aliphatic carbocycles. The lowest BCUT2D eigenvalue weighted by Crippen LogP contribution is -1.94. The van der Waals surface area contributed by atoms with Crippen molar-refractivity contribution < 1.29 is 0 Å². The molecule has 1 aromatic rings. The number of aromatic nitrogens is 1. The first-order valence-corrected chi connectivity index (χ1v) is 3.64. The van der Waals surface area contributed by atoms with Gasteiger partial charge in [-0.3, -0.25) is 0 Å². The lowest BCUT2D eigenvalue weighted by atomic mass is 10.3. The standard InChI is InChI=1S/C6H4IN3/c7-6-2-1-4(9)5(3-8)10-6/h1-2H,9H2. The lowest BCUT2D eigenvalue weighted by molar-refractivity contribution is 1.22. The van der Waals surface area contributed by atoms with E-state index in [0.717, 1.165) is 3.70 Å². The topological polar surface area (TPSA) is 62.7 Å². The normalized spacial score (nSPS) is 8.80. The molecule has 0 bridgehead atoms. The molecule has 0 aromatic carbocycles. The minimum absolute atomic E-state index is 0.298. The fraction of sp³-hybridized carbons (Fsp3) is 0. The molecule has 0 spiro atoms. The van der Waals surface area contributed by atoms with Crippen LogP contribution >= 0.6 is 22.6 Å². The van der Waals surface area contributed by atoms with Crippen molar-refractivity contribution in [2.24, 2.45) is 0 Å². The molecule has 0 fully saturated rings. The zero-order valence-electron chi connectivity index (χ0n) is 5.00. The molecule has 10 heavy (non-hydrogen) atoms. The molecule has 0 aliphatic rings. The van der Waals surface area contributed by atoms with Gasteiger partial charge in [-0.15, -0.1) is 0 Å². The van der Waals surface area contributed by atoms with E-state index in [-0.39, 0.29) is 0 Å². The molecule has 50 valence electrons. The monoisotopic (exact) mass is 245 g/mol. The van der Waals surface area contributed by atoms with E-state index in [9.17, 15) is 0 Å². The summed E-state index contributed by atoms with van der Waals surface area (Å²) in [5.41, 5.74) is 6.14. The van der Waals surface area contributed by atoms with Gasteiger partial charge in [0.05, 0.1) is 5.69 Å². The number of nitrogens with zero attached hydrogens (tertiary/aromatic N) is 2. The zero-order chi connectivity index (χ0) is 7.56. The molecule has 1 heterocycles. The van der Waals surface area contributed by atoms with Crippen molar-refractivity contribution in [3.8, 4) is 6.07 Å². The van der Waals surface area contributed by atoms with Gasteiger partial charge < -0.3 is 5.73 Å². The third-order valence-electron chi connectivity index (χ3n) is 0.998. The van der Waals surface area contributed by atoms with Crippen LogP contribution in [-0.2, 0) is 0 Å². The summed E-state index contributed by atoms with van der Waals surface area (Å²) in [5, 5.41) is 8.45. The largest absolute Gasteiger partial charge is 0.396 e. The van der Waals surface area contributed by atoms with Crippen molar-refractivity contribution in [3.63, 3.8) is 0 Å². The van der Waals surface area contributed by atoms with Gasteiger partial charge in [0, 0.05) is 0 Å². The predicted octanol–water partition coefficient (Wildman–Crippen LogP) is 1.14. The number of anilines is 1. The van der Waals surface area contributed by atoms with Crippen molar-refractivity contribution in [2.75, 3.05) is 5.73 Å². The lowest BCUT2D eigenvalue weighted by Gasteiger charge is -1.94. The highest BCUT2D eigenvalue weighted by Crippen LogP contribution is 2.09. The summed E-state index contributed by atoms with van der Waals surface area (Å²) >= 11 is 2.03. The highest BCUT2D eigenvalue weighted by atomic mass is 127. The van der Waals surface area contributed by atoms with Gasteiger partial charge in [-0.05, 0) is 34.7 Å². The number of halogens is 1. The summed E-state index contributed by atoms with van der Waals surface area (Å²) in [6, 6.07) is 5.33. The van der Waals surface area contributed by atoms with Gasteiger partial charge in [0.2, 0.25) is 0 Å². The summed E-state index contributed by atoms with van der Waals surface area (Å²) in [7, 11) is 0. The van der Waals surface area contributed by atoms with Gasteiger partial charge in [0.1, 0.15) is 9.77 Å². The average Bonchev–Trinajstić information content (AvgIpc) is 1.94. The van der Waals surface area contributed by atoms with E-state index < -0.39 is 0 Å². The Bertz CT molecular complexity index is 290. The molecule has 0 saturated carbocycles. The first-order valence-electron chi connectivity index (χ1n) is 2.56. The van der Waals surface area contributed by atoms with Crippen LogP contribution in [0.4, 0.5) is 5.69 Å². The maximum atomic E-state index is 8.45. The smallest absolute Gasteiger partial charge is 0.164 e. The number of pyridine rings is 1. The Labute approximate surface area is 72.0 Å². The predicted molar refractivity (Wildman–Crippen MR) is 46.1 cm³/mol. The van der Waals surface area contributed by atoms with Crippen molar-refractivity contribution in [2.45, 2.75) is 0 Å². The third kappa shape index (κ3) is 1.36. The highest BCUT2D eigenvalue weighted by Gasteiger charge is 1.97. The van der Waals surface area contributed by atoms with Crippen molar-refractivity contribution in [1.29, 1.82) is 5.26 Å². The molecular formula is C6H4IN3. The molecule has 0 aliphatic heterocycles. The maximum Gasteiger partial charge on any atom is 0.164 e. The molecule has 0 radical (unpaired) electrons. The minimum atomic E-state index is 0.298. The van der Waals surface area contributed by atoms with Crippen LogP contribution in [0.1, 0.15) is 5.69 Å². The van der Waals surface area contributed by atoms with Gasteiger partial charge >= 0.3 is 0 Å². The summed E-state index contributed by atoms with van der Waals surface area (Å²) in [6.45, 7) is 0. The first kappa shape index (κ1) is 7.28. The Balaban J connectivity index is 3.25.